The first-order valence-corrected chi connectivity index (χ1v) is 9.57. The van der Waals surface area contributed by atoms with Gasteiger partial charge in [-0.15, -0.1) is 0 Å². The van der Waals surface area contributed by atoms with Gasteiger partial charge in [-0.05, 0) is 38.5 Å². The van der Waals surface area contributed by atoms with E-state index in [0.29, 0.717) is 12.1 Å². The van der Waals surface area contributed by atoms with Crippen molar-refractivity contribution in [1.29, 1.82) is 0 Å². The lowest BCUT2D eigenvalue weighted by Gasteiger charge is -2.42. The zero-order valence-electron chi connectivity index (χ0n) is 17.6. The largest absolute Gasteiger partial charge is 0.465 e. The molecule has 10 heteroatoms. The molecule has 1 heterocycles. The van der Waals surface area contributed by atoms with Crippen LogP contribution in [0.3, 0.4) is 0 Å². The number of hydrogen-bond donors (Lipinski definition) is 1. The fourth-order valence-electron chi connectivity index (χ4n) is 3.24. The fourth-order valence-corrected chi connectivity index (χ4v) is 3.24. The Hall–Kier alpha value is -2.49. The molecule has 0 bridgehead atoms. The number of alkyl halides is 3. The predicted molar refractivity (Wildman–Crippen MR) is 105 cm³/mol. The Morgan fingerprint density at radius 2 is 1.87 bits per heavy atom. The average molecular weight is 431 g/mol. The van der Waals surface area contributed by atoms with Gasteiger partial charge in [0.05, 0.1) is 25.1 Å². The molecule has 1 atom stereocenters. The maximum absolute atomic E-state index is 12.7. The number of hydrogen-bond acceptors (Lipinski definition) is 6. The van der Waals surface area contributed by atoms with Crippen LogP contribution in [0.25, 0.3) is 0 Å². The van der Waals surface area contributed by atoms with Gasteiger partial charge in [-0.3, -0.25) is 9.80 Å². The van der Waals surface area contributed by atoms with Crippen molar-refractivity contribution in [3.63, 3.8) is 0 Å². The molecule has 1 aliphatic rings. The molecule has 1 unspecified atom stereocenters. The zero-order chi connectivity index (χ0) is 22.7. The van der Waals surface area contributed by atoms with E-state index in [0.717, 1.165) is 0 Å². The Morgan fingerprint density at radius 3 is 2.40 bits per heavy atom. The first-order valence-electron chi connectivity index (χ1n) is 9.57. The van der Waals surface area contributed by atoms with Crippen LogP contribution in [0.4, 0.5) is 23.7 Å². The van der Waals surface area contributed by atoms with Crippen LogP contribution in [-0.4, -0.2) is 66.9 Å². The summed E-state index contributed by atoms with van der Waals surface area (Å²) < 4.78 is 48.1. The lowest BCUT2D eigenvalue weighted by molar-refractivity contribution is -0.139. The van der Waals surface area contributed by atoms with Crippen molar-refractivity contribution in [1.82, 2.24) is 9.80 Å². The summed E-state index contributed by atoms with van der Waals surface area (Å²) in [6.07, 6.45) is -5.75. The molecular weight excluding hydrogens is 403 g/mol. The van der Waals surface area contributed by atoms with E-state index in [-0.39, 0.29) is 30.9 Å². The molecule has 1 saturated heterocycles. The van der Waals surface area contributed by atoms with E-state index in [1.165, 1.54) is 18.1 Å². The molecule has 0 aliphatic carbocycles. The van der Waals surface area contributed by atoms with Gasteiger partial charge in [0.1, 0.15) is 5.60 Å². The number of amides is 1. The summed E-state index contributed by atoms with van der Waals surface area (Å²) in [4.78, 5) is 27.7. The number of benzene rings is 1. The lowest BCUT2D eigenvalue weighted by atomic mass is 9.99. The van der Waals surface area contributed by atoms with Crippen molar-refractivity contribution < 1.29 is 32.2 Å². The second kappa shape index (κ2) is 9.11. The van der Waals surface area contributed by atoms with E-state index >= 15 is 0 Å². The van der Waals surface area contributed by atoms with Crippen LogP contribution >= 0.6 is 0 Å². The molecule has 2 rings (SSSR count). The highest BCUT2D eigenvalue weighted by Crippen LogP contribution is 2.31. The minimum Gasteiger partial charge on any atom is -0.465 e. The molecule has 0 saturated carbocycles. The average Bonchev–Trinajstić information content (AvgIpc) is 2.63. The predicted octanol–water partition coefficient (Wildman–Crippen LogP) is 3.60. The van der Waals surface area contributed by atoms with Crippen LogP contribution in [0, 0.1) is 0 Å². The minimum atomic E-state index is -4.26. The molecule has 1 aromatic carbocycles. The Morgan fingerprint density at radius 1 is 1.20 bits per heavy atom. The van der Waals surface area contributed by atoms with E-state index in [4.69, 9.17) is 10.5 Å². The number of piperazine rings is 1. The number of rotatable bonds is 4. The summed E-state index contributed by atoms with van der Waals surface area (Å²) in [5, 5.41) is 0. The highest BCUT2D eigenvalue weighted by molar-refractivity contribution is 5.95. The molecule has 0 radical (unpaired) electrons. The highest BCUT2D eigenvalue weighted by Gasteiger charge is 2.36. The summed E-state index contributed by atoms with van der Waals surface area (Å²) in [7, 11) is 1.24. The SMILES string of the molecule is COC(=O)c1ccc(C2CN(CCC(F)(F)F)CCN2C(=O)OC(C)(C)C)cc1N. The number of methoxy groups -OCH3 is 1. The summed E-state index contributed by atoms with van der Waals surface area (Å²) >= 11 is 0. The van der Waals surface area contributed by atoms with Gasteiger partial charge >= 0.3 is 18.2 Å². The molecule has 168 valence electrons. The molecule has 0 spiro atoms. The Bertz CT molecular complexity index is 778. The van der Waals surface area contributed by atoms with Gasteiger partial charge in [-0.25, -0.2) is 9.59 Å². The van der Waals surface area contributed by atoms with Crippen LogP contribution in [0.5, 0.6) is 0 Å². The van der Waals surface area contributed by atoms with Gasteiger partial charge in [0.2, 0.25) is 0 Å². The molecule has 7 nitrogen and oxygen atoms in total. The normalized spacial score (nSPS) is 18.2. The van der Waals surface area contributed by atoms with Gasteiger partial charge in [0, 0.05) is 31.9 Å². The highest BCUT2D eigenvalue weighted by atomic mass is 19.4. The van der Waals surface area contributed by atoms with Gasteiger partial charge < -0.3 is 15.2 Å². The molecule has 30 heavy (non-hydrogen) atoms. The lowest BCUT2D eigenvalue weighted by Crippen LogP contribution is -2.52. The molecule has 1 aliphatic heterocycles. The molecule has 1 aromatic rings. The van der Waals surface area contributed by atoms with E-state index in [1.807, 2.05) is 0 Å². The van der Waals surface area contributed by atoms with Crippen LogP contribution in [0.2, 0.25) is 0 Å². The Balaban J connectivity index is 2.30. The topological polar surface area (TPSA) is 85.1 Å². The zero-order valence-corrected chi connectivity index (χ0v) is 17.6. The van der Waals surface area contributed by atoms with Gasteiger partial charge in [-0.1, -0.05) is 6.07 Å². The summed E-state index contributed by atoms with van der Waals surface area (Å²) in [6.45, 7) is 5.73. The number of carbonyl (C=O) groups is 2. The summed E-state index contributed by atoms with van der Waals surface area (Å²) in [6, 6.07) is 4.08. The van der Waals surface area contributed by atoms with E-state index in [1.54, 1.807) is 37.8 Å². The number of carbonyl (C=O) groups excluding carboxylic acids is 2. The van der Waals surface area contributed by atoms with Crippen molar-refractivity contribution in [2.45, 2.75) is 45.0 Å². The smallest absolute Gasteiger partial charge is 0.410 e. The van der Waals surface area contributed by atoms with Gasteiger partial charge in [0.25, 0.3) is 0 Å². The Kier molecular flexibility index (Phi) is 7.23. The monoisotopic (exact) mass is 431 g/mol. The molecule has 1 amide bonds. The number of nitrogens with two attached hydrogens (primary N) is 1. The van der Waals surface area contributed by atoms with E-state index in [9.17, 15) is 22.8 Å². The van der Waals surface area contributed by atoms with Crippen molar-refractivity contribution >= 4 is 17.7 Å². The van der Waals surface area contributed by atoms with Crippen molar-refractivity contribution in [3.8, 4) is 0 Å². The van der Waals surface area contributed by atoms with E-state index < -0.39 is 36.3 Å². The number of anilines is 1. The molecule has 1 fully saturated rings. The molecular formula is C20H28F3N3O4. The van der Waals surface area contributed by atoms with Gasteiger partial charge in [-0.2, -0.15) is 13.2 Å². The van der Waals surface area contributed by atoms with Crippen LogP contribution in [0.1, 0.15) is 49.2 Å². The maximum atomic E-state index is 12.7. The van der Waals surface area contributed by atoms with Crippen LogP contribution < -0.4 is 5.73 Å². The van der Waals surface area contributed by atoms with Crippen molar-refractivity contribution in [2.75, 3.05) is 39.0 Å². The fraction of sp³-hybridized carbons (Fsp3) is 0.600. The number of nitrogens with zero attached hydrogens (tertiary/aromatic N) is 2. The van der Waals surface area contributed by atoms with Gasteiger partial charge in [0.15, 0.2) is 0 Å². The number of nitrogen functional groups attached to an aromatic ring is 1. The second-order valence-corrected chi connectivity index (χ2v) is 8.19. The number of esters is 1. The first-order chi connectivity index (χ1) is 13.8. The number of ether oxygens (including phenoxy) is 2. The van der Waals surface area contributed by atoms with Crippen molar-refractivity contribution in [3.05, 3.63) is 29.3 Å². The minimum absolute atomic E-state index is 0.163. The standard InChI is InChI=1S/C20H28F3N3O4/c1-19(2,3)30-18(28)26-10-9-25(8-7-20(21,22)23)12-16(26)13-5-6-14(15(24)11-13)17(27)29-4/h5-6,11,16H,7-10,12,24H2,1-4H3. The third kappa shape index (κ3) is 6.51. The third-order valence-electron chi connectivity index (χ3n) is 4.67. The molecule has 2 N–H and O–H groups in total. The quantitative estimate of drug-likeness (QED) is 0.579. The molecule has 0 aromatic heterocycles. The summed E-state index contributed by atoms with van der Waals surface area (Å²) in [5.74, 6) is -0.599. The number of halogens is 3. The maximum Gasteiger partial charge on any atom is 0.410 e. The second-order valence-electron chi connectivity index (χ2n) is 8.19. The summed E-state index contributed by atoms with van der Waals surface area (Å²) in [5.41, 5.74) is 6.20. The Labute approximate surface area is 173 Å². The van der Waals surface area contributed by atoms with Crippen LogP contribution in [0.15, 0.2) is 18.2 Å². The van der Waals surface area contributed by atoms with E-state index in [2.05, 4.69) is 4.74 Å². The third-order valence-corrected chi connectivity index (χ3v) is 4.67. The van der Waals surface area contributed by atoms with Crippen molar-refractivity contribution in [2.24, 2.45) is 0 Å². The van der Waals surface area contributed by atoms with Crippen LogP contribution in [-0.2, 0) is 9.47 Å². The first kappa shape index (κ1) is 23.8.